The molecular weight excluding hydrogens is 228 g/mol. The first-order chi connectivity index (χ1) is 8.32. The normalized spacial score (nSPS) is 27.6. The van der Waals surface area contributed by atoms with Gasteiger partial charge in [-0.15, -0.1) is 0 Å². The molecule has 1 aliphatic heterocycles. The van der Waals surface area contributed by atoms with Crippen LogP contribution in [0.5, 0.6) is 0 Å². The Hall–Kier alpha value is -0.770. The van der Waals surface area contributed by atoms with Crippen LogP contribution in [0.2, 0.25) is 0 Å². The standard InChI is InChI=1S/C14H26N2O2/c1-13(2,3)18-12(17)16-10-6-7-11(16)14(15)8-4-5-9-14/h11H,4-10,15H2,1-3H3. The van der Waals surface area contributed by atoms with Crippen molar-refractivity contribution in [1.29, 1.82) is 0 Å². The van der Waals surface area contributed by atoms with Gasteiger partial charge >= 0.3 is 6.09 Å². The van der Waals surface area contributed by atoms with Gasteiger partial charge in [-0.2, -0.15) is 0 Å². The molecule has 4 nitrogen and oxygen atoms in total. The molecule has 2 rings (SSSR count). The molecule has 0 aromatic carbocycles. The van der Waals surface area contributed by atoms with Crippen LogP contribution >= 0.6 is 0 Å². The molecule has 1 saturated carbocycles. The molecule has 1 aliphatic carbocycles. The second kappa shape index (κ2) is 4.72. The Bertz CT molecular complexity index is 316. The Morgan fingerprint density at radius 1 is 1.28 bits per heavy atom. The molecule has 1 saturated heterocycles. The van der Waals surface area contributed by atoms with Crippen molar-refractivity contribution in [3.63, 3.8) is 0 Å². The minimum atomic E-state index is -0.429. The summed E-state index contributed by atoms with van der Waals surface area (Å²) in [6.45, 7) is 6.51. The Balaban J connectivity index is 2.05. The van der Waals surface area contributed by atoms with Crippen LogP contribution in [0.25, 0.3) is 0 Å². The molecule has 2 N–H and O–H groups in total. The highest BCUT2D eigenvalue weighted by Crippen LogP contribution is 2.37. The summed E-state index contributed by atoms with van der Waals surface area (Å²) in [4.78, 5) is 14.1. The van der Waals surface area contributed by atoms with Crippen LogP contribution in [-0.2, 0) is 4.74 Å². The second-order valence-electron chi connectivity index (χ2n) is 6.77. The second-order valence-corrected chi connectivity index (χ2v) is 6.77. The summed E-state index contributed by atoms with van der Waals surface area (Å²) in [7, 11) is 0. The van der Waals surface area contributed by atoms with E-state index < -0.39 is 5.60 Å². The lowest BCUT2D eigenvalue weighted by atomic mass is 9.88. The highest BCUT2D eigenvalue weighted by molar-refractivity contribution is 5.69. The smallest absolute Gasteiger partial charge is 0.410 e. The summed E-state index contributed by atoms with van der Waals surface area (Å²) in [5.41, 5.74) is 5.90. The van der Waals surface area contributed by atoms with Crippen molar-refractivity contribution >= 4 is 6.09 Å². The summed E-state index contributed by atoms with van der Waals surface area (Å²) in [5, 5.41) is 0. The van der Waals surface area contributed by atoms with Crippen molar-refractivity contribution in [2.24, 2.45) is 5.73 Å². The Morgan fingerprint density at radius 3 is 2.44 bits per heavy atom. The van der Waals surface area contributed by atoms with E-state index in [4.69, 9.17) is 10.5 Å². The zero-order valence-electron chi connectivity index (χ0n) is 11.9. The Morgan fingerprint density at radius 2 is 1.89 bits per heavy atom. The summed E-state index contributed by atoms with van der Waals surface area (Å²) >= 11 is 0. The van der Waals surface area contributed by atoms with E-state index in [-0.39, 0.29) is 17.7 Å². The molecule has 0 aromatic rings. The number of carbonyl (C=O) groups is 1. The van der Waals surface area contributed by atoms with Crippen LogP contribution in [0, 0.1) is 0 Å². The summed E-state index contributed by atoms with van der Waals surface area (Å²) < 4.78 is 5.49. The monoisotopic (exact) mass is 254 g/mol. The van der Waals surface area contributed by atoms with Crippen molar-refractivity contribution in [3.8, 4) is 0 Å². The van der Waals surface area contributed by atoms with Gasteiger partial charge < -0.3 is 15.4 Å². The fourth-order valence-corrected chi connectivity index (χ4v) is 3.27. The van der Waals surface area contributed by atoms with E-state index in [9.17, 15) is 4.79 Å². The third kappa shape index (κ3) is 2.79. The van der Waals surface area contributed by atoms with Gasteiger partial charge in [0.05, 0.1) is 6.04 Å². The van der Waals surface area contributed by atoms with Crippen molar-refractivity contribution in [2.45, 2.75) is 76.5 Å². The molecule has 1 unspecified atom stereocenters. The van der Waals surface area contributed by atoms with Gasteiger partial charge in [0.2, 0.25) is 0 Å². The lowest BCUT2D eigenvalue weighted by Gasteiger charge is -2.38. The summed E-state index contributed by atoms with van der Waals surface area (Å²) in [6, 6.07) is 0.176. The Kier molecular flexibility index (Phi) is 3.58. The number of amides is 1. The predicted octanol–water partition coefficient (Wildman–Crippen LogP) is 2.66. The predicted molar refractivity (Wildman–Crippen MR) is 71.3 cm³/mol. The molecule has 104 valence electrons. The maximum atomic E-state index is 12.2. The number of nitrogens with two attached hydrogens (primary N) is 1. The molecular formula is C14H26N2O2. The maximum absolute atomic E-state index is 12.2. The summed E-state index contributed by atoms with van der Waals surface area (Å²) in [6.07, 6.45) is 6.33. The molecule has 4 heteroatoms. The molecule has 18 heavy (non-hydrogen) atoms. The van der Waals surface area contributed by atoms with Crippen molar-refractivity contribution in [2.75, 3.05) is 6.54 Å². The molecule has 2 fully saturated rings. The van der Waals surface area contributed by atoms with Crippen molar-refractivity contribution in [1.82, 2.24) is 4.90 Å². The fourth-order valence-electron chi connectivity index (χ4n) is 3.27. The van der Waals surface area contributed by atoms with E-state index in [0.29, 0.717) is 0 Å². The average Bonchev–Trinajstić information content (AvgIpc) is 2.82. The van der Waals surface area contributed by atoms with Crippen LogP contribution < -0.4 is 5.73 Å². The zero-order chi connectivity index (χ0) is 13.4. The summed E-state index contributed by atoms with van der Waals surface area (Å²) in [5.74, 6) is 0. The molecule has 1 heterocycles. The Labute approximate surface area is 110 Å². The van der Waals surface area contributed by atoms with E-state index in [0.717, 1.165) is 32.2 Å². The van der Waals surface area contributed by atoms with Gasteiger partial charge in [-0.05, 0) is 46.5 Å². The van der Waals surface area contributed by atoms with Gasteiger partial charge in [0.15, 0.2) is 0 Å². The number of hydrogen-bond acceptors (Lipinski definition) is 3. The molecule has 1 amide bonds. The number of likely N-dealkylation sites (tertiary alicyclic amines) is 1. The highest BCUT2D eigenvalue weighted by atomic mass is 16.6. The minimum absolute atomic E-state index is 0.173. The third-order valence-electron chi connectivity index (χ3n) is 4.08. The van der Waals surface area contributed by atoms with Gasteiger partial charge in [0, 0.05) is 12.1 Å². The number of carbonyl (C=O) groups excluding carboxylic acids is 1. The van der Waals surface area contributed by atoms with Gasteiger partial charge in [-0.1, -0.05) is 12.8 Å². The largest absolute Gasteiger partial charge is 0.444 e. The average molecular weight is 254 g/mol. The van der Waals surface area contributed by atoms with E-state index in [1.165, 1.54) is 12.8 Å². The van der Waals surface area contributed by atoms with Crippen LogP contribution in [-0.4, -0.2) is 34.7 Å². The number of ether oxygens (including phenoxy) is 1. The number of nitrogens with zero attached hydrogens (tertiary/aromatic N) is 1. The van der Waals surface area contributed by atoms with Gasteiger partial charge in [-0.3, -0.25) is 0 Å². The number of hydrogen-bond donors (Lipinski definition) is 1. The molecule has 2 aliphatic rings. The van der Waals surface area contributed by atoms with E-state index >= 15 is 0 Å². The van der Waals surface area contributed by atoms with Crippen LogP contribution in [0.4, 0.5) is 4.79 Å². The van der Waals surface area contributed by atoms with E-state index in [2.05, 4.69) is 0 Å². The molecule has 0 radical (unpaired) electrons. The lowest BCUT2D eigenvalue weighted by molar-refractivity contribution is 0.0156. The molecule has 0 spiro atoms. The molecule has 1 atom stereocenters. The minimum Gasteiger partial charge on any atom is -0.444 e. The van der Waals surface area contributed by atoms with Crippen LogP contribution in [0.3, 0.4) is 0 Å². The first kappa shape index (κ1) is 13.7. The maximum Gasteiger partial charge on any atom is 0.410 e. The highest BCUT2D eigenvalue weighted by Gasteiger charge is 2.45. The first-order valence-corrected chi connectivity index (χ1v) is 7.10. The zero-order valence-corrected chi connectivity index (χ0v) is 11.9. The van der Waals surface area contributed by atoms with Crippen LogP contribution in [0.15, 0.2) is 0 Å². The van der Waals surface area contributed by atoms with Gasteiger partial charge in [0.1, 0.15) is 5.60 Å². The quantitative estimate of drug-likeness (QED) is 0.782. The van der Waals surface area contributed by atoms with Gasteiger partial charge in [-0.25, -0.2) is 4.79 Å². The van der Waals surface area contributed by atoms with Crippen LogP contribution in [0.1, 0.15) is 59.3 Å². The van der Waals surface area contributed by atoms with E-state index in [1.807, 2.05) is 25.7 Å². The van der Waals surface area contributed by atoms with Crippen molar-refractivity contribution < 1.29 is 9.53 Å². The first-order valence-electron chi connectivity index (χ1n) is 7.10. The lowest BCUT2D eigenvalue weighted by Crippen LogP contribution is -2.56. The number of rotatable bonds is 1. The van der Waals surface area contributed by atoms with Gasteiger partial charge in [0.25, 0.3) is 0 Å². The third-order valence-corrected chi connectivity index (χ3v) is 4.08. The topological polar surface area (TPSA) is 55.6 Å². The van der Waals surface area contributed by atoms with Crippen molar-refractivity contribution in [3.05, 3.63) is 0 Å². The molecule has 0 aromatic heterocycles. The van der Waals surface area contributed by atoms with E-state index in [1.54, 1.807) is 0 Å². The molecule has 0 bridgehead atoms. The SMILES string of the molecule is CC(C)(C)OC(=O)N1CCCC1C1(N)CCCC1. The fraction of sp³-hybridized carbons (Fsp3) is 0.929.